The molecular formula is C20H34N2NiO8+2. The summed E-state index contributed by atoms with van der Waals surface area (Å²) in [6.45, 7) is 4.23. The molecule has 0 radical (unpaired) electrons. The van der Waals surface area contributed by atoms with Crippen LogP contribution in [0, 0.1) is 0 Å². The van der Waals surface area contributed by atoms with Gasteiger partial charge in [-0.1, -0.05) is 38.8 Å². The van der Waals surface area contributed by atoms with Crippen molar-refractivity contribution in [1.82, 2.24) is 9.97 Å². The maximum atomic E-state index is 10.4. The second-order valence-corrected chi connectivity index (χ2v) is 5.89. The zero-order chi connectivity index (χ0) is 19.4. The number of aromatic nitrogens is 2. The number of aromatic carboxylic acids is 2. The molecule has 31 heavy (non-hydrogen) atoms. The molecule has 0 unspecified atom stereocenters. The third kappa shape index (κ3) is 16.0. The summed E-state index contributed by atoms with van der Waals surface area (Å²) in [6.07, 6.45) is 9.57. The maximum Gasteiger partial charge on any atom is 2.00 e. The molecule has 0 aliphatic carbocycles. The number of carboxylic acid groups (broad SMARTS) is 2. The average molecular weight is 489 g/mol. The number of hydrogen-bond donors (Lipinski definition) is 0. The van der Waals surface area contributed by atoms with Crippen molar-refractivity contribution in [2.75, 3.05) is 0 Å². The van der Waals surface area contributed by atoms with Crippen LogP contribution >= 0.6 is 0 Å². The Morgan fingerprint density at radius 1 is 0.742 bits per heavy atom. The van der Waals surface area contributed by atoms with E-state index in [1.807, 2.05) is 0 Å². The molecule has 2 aromatic rings. The van der Waals surface area contributed by atoms with E-state index in [4.69, 9.17) is 0 Å². The second kappa shape index (κ2) is 22.3. The van der Waals surface area contributed by atoms with Gasteiger partial charge in [0.2, 0.25) is 0 Å². The first-order chi connectivity index (χ1) is 12.5. The van der Waals surface area contributed by atoms with Gasteiger partial charge < -0.3 is 41.7 Å². The first kappa shape index (κ1) is 39.1. The monoisotopic (exact) mass is 488 g/mol. The van der Waals surface area contributed by atoms with E-state index in [1.54, 1.807) is 24.5 Å². The van der Waals surface area contributed by atoms with Crippen LogP contribution in [0.5, 0.6) is 0 Å². The third-order valence-electron chi connectivity index (χ3n) is 3.71. The Morgan fingerprint density at radius 2 is 1.06 bits per heavy atom. The number of aryl methyl sites for hydroxylation is 2. The Labute approximate surface area is 191 Å². The van der Waals surface area contributed by atoms with E-state index >= 15 is 0 Å². The fourth-order valence-electron chi connectivity index (χ4n) is 2.15. The predicted molar refractivity (Wildman–Crippen MR) is 111 cm³/mol. The third-order valence-corrected chi connectivity index (χ3v) is 3.71. The molecule has 0 aliphatic rings. The van der Waals surface area contributed by atoms with Crippen LogP contribution in [0.15, 0.2) is 36.7 Å². The van der Waals surface area contributed by atoms with E-state index in [-0.39, 0.29) is 49.8 Å². The Kier molecular flexibility index (Phi) is 28.1. The normalized spacial score (nSPS) is 8.32. The Morgan fingerprint density at radius 3 is 1.26 bits per heavy atom. The summed E-state index contributed by atoms with van der Waals surface area (Å²) in [5, 5.41) is 20.7. The van der Waals surface area contributed by atoms with Gasteiger partial charge in [0, 0.05) is 12.4 Å². The predicted octanol–water partition coefficient (Wildman–Crippen LogP) is -1.92. The summed E-state index contributed by atoms with van der Waals surface area (Å²) >= 11 is 0. The summed E-state index contributed by atoms with van der Waals surface area (Å²) < 4.78 is 0. The van der Waals surface area contributed by atoms with Crippen LogP contribution in [0.25, 0.3) is 0 Å². The van der Waals surface area contributed by atoms with E-state index in [2.05, 4.69) is 23.8 Å². The molecule has 0 atom stereocenters. The number of carbonyl (C=O) groups is 2. The fraction of sp³-hybridized carbons (Fsp3) is 0.400. The fourth-order valence-corrected chi connectivity index (χ4v) is 2.15. The summed E-state index contributed by atoms with van der Waals surface area (Å²) in [5.41, 5.74) is 2.15. The number of rotatable bonds is 8. The van der Waals surface area contributed by atoms with Gasteiger partial charge in [0.15, 0.2) is 0 Å². The molecule has 0 saturated heterocycles. The van der Waals surface area contributed by atoms with Gasteiger partial charge in [-0.3, -0.25) is 9.97 Å². The van der Waals surface area contributed by atoms with Crippen molar-refractivity contribution in [2.24, 2.45) is 0 Å². The number of unbranched alkanes of at least 4 members (excludes halogenated alkanes) is 2. The van der Waals surface area contributed by atoms with Crippen LogP contribution in [0.3, 0.4) is 0 Å². The minimum absolute atomic E-state index is 0. The van der Waals surface area contributed by atoms with Gasteiger partial charge in [0.05, 0.1) is 23.3 Å². The summed E-state index contributed by atoms with van der Waals surface area (Å²) in [6, 6.07) is 6.54. The summed E-state index contributed by atoms with van der Waals surface area (Å²) in [4.78, 5) is 28.2. The van der Waals surface area contributed by atoms with Gasteiger partial charge in [-0.05, 0) is 48.9 Å². The molecule has 2 heterocycles. The molecule has 2 aromatic heterocycles. The van der Waals surface area contributed by atoms with E-state index in [0.29, 0.717) is 0 Å². The number of carbonyl (C=O) groups excluding carboxylic acids is 2. The molecule has 0 fully saturated rings. The van der Waals surface area contributed by atoms with Crippen LogP contribution in [0.1, 0.15) is 71.6 Å². The Bertz CT molecular complexity index is 636. The number of carboxylic acids is 2. The molecule has 11 heteroatoms. The first-order valence-corrected chi connectivity index (χ1v) is 8.80. The second-order valence-electron chi connectivity index (χ2n) is 5.89. The smallest absolute Gasteiger partial charge is 0.543 e. The summed E-state index contributed by atoms with van der Waals surface area (Å²) in [7, 11) is 0. The van der Waals surface area contributed by atoms with Gasteiger partial charge in [0.25, 0.3) is 0 Å². The molecule has 0 amide bonds. The molecule has 2 rings (SSSR count). The topological polar surface area (TPSA) is 235 Å². The molecule has 0 spiro atoms. The van der Waals surface area contributed by atoms with E-state index in [9.17, 15) is 19.8 Å². The van der Waals surface area contributed by atoms with Gasteiger partial charge in [-0.25, -0.2) is 0 Å². The SMILES string of the molecule is CCCCc1ccc(C(=O)[O-])nc1.CCCCc1ccc(C(=O)[O-])nc1.O.O.[Ni+2].[OH3+].[OH3+]. The number of nitrogens with zero attached hydrogens (tertiary/aromatic N) is 2. The van der Waals surface area contributed by atoms with E-state index in [1.165, 1.54) is 12.1 Å². The Balaban J connectivity index is -0.000000125. The van der Waals surface area contributed by atoms with Gasteiger partial charge in [0.1, 0.15) is 0 Å². The van der Waals surface area contributed by atoms with Crippen molar-refractivity contribution in [2.45, 2.75) is 52.4 Å². The maximum absolute atomic E-state index is 10.4. The van der Waals surface area contributed by atoms with Crippen molar-refractivity contribution in [3.63, 3.8) is 0 Å². The minimum atomic E-state index is -1.22. The van der Waals surface area contributed by atoms with Gasteiger partial charge in [-0.15, -0.1) is 0 Å². The molecule has 10 N–H and O–H groups in total. The van der Waals surface area contributed by atoms with Crippen LogP contribution < -0.4 is 10.2 Å². The van der Waals surface area contributed by atoms with Gasteiger partial charge in [-0.2, -0.15) is 0 Å². The minimum Gasteiger partial charge on any atom is -0.543 e. The zero-order valence-electron chi connectivity index (χ0n) is 17.7. The van der Waals surface area contributed by atoms with Crippen LogP contribution in [0.4, 0.5) is 0 Å². The standard InChI is InChI=1S/2C10H13NO2.Ni.4H2O/c2*1-2-3-4-8-5-6-9(10(12)13)11-7-8;;;;;/h2*5-7H,2-4H2,1H3,(H,12,13);;4*1H2/q;;+2;;;;. The van der Waals surface area contributed by atoms with E-state index in [0.717, 1.165) is 49.7 Å². The van der Waals surface area contributed by atoms with Crippen LogP contribution in [0.2, 0.25) is 0 Å². The van der Waals surface area contributed by atoms with Crippen LogP contribution in [-0.4, -0.2) is 32.9 Å². The van der Waals surface area contributed by atoms with Crippen molar-refractivity contribution in [3.8, 4) is 0 Å². The van der Waals surface area contributed by atoms with Crippen molar-refractivity contribution >= 4 is 11.9 Å². The summed E-state index contributed by atoms with van der Waals surface area (Å²) in [5.74, 6) is -2.44. The molecule has 0 saturated carbocycles. The van der Waals surface area contributed by atoms with Crippen molar-refractivity contribution in [1.29, 1.82) is 0 Å². The number of pyridine rings is 2. The molecule has 0 aromatic carbocycles. The van der Waals surface area contributed by atoms with Gasteiger partial charge >= 0.3 is 16.5 Å². The molecule has 10 nitrogen and oxygen atoms in total. The molecule has 0 aliphatic heterocycles. The van der Waals surface area contributed by atoms with E-state index < -0.39 is 11.9 Å². The first-order valence-electron chi connectivity index (χ1n) is 8.80. The quantitative estimate of drug-likeness (QED) is 0.302. The molecular weight excluding hydrogens is 455 g/mol. The van der Waals surface area contributed by atoms with Crippen molar-refractivity contribution in [3.05, 3.63) is 59.2 Å². The molecule has 0 bridgehead atoms. The average Bonchev–Trinajstić information content (AvgIpc) is 2.66. The molecule has 180 valence electrons. The van der Waals surface area contributed by atoms with Crippen LogP contribution in [-0.2, 0) is 40.3 Å². The largest absolute Gasteiger partial charge is 2.00 e. The van der Waals surface area contributed by atoms with Crippen molar-refractivity contribution < 1.29 is 58.2 Å². The zero-order valence-corrected chi connectivity index (χ0v) is 18.7. The Hall–Kier alpha value is -2.43. The number of hydrogen-bond acceptors (Lipinski definition) is 6.